The predicted molar refractivity (Wildman–Crippen MR) is 105 cm³/mol. The highest BCUT2D eigenvalue weighted by atomic mass is 79.9. The normalized spacial score (nSPS) is 13.3. The number of imide groups is 1. The zero-order valence-corrected chi connectivity index (χ0v) is 16.8. The zero-order valence-electron chi connectivity index (χ0n) is 15.2. The maximum atomic E-state index is 12.4. The number of ether oxygens (including phenoxy) is 1. The molecule has 0 fully saturated rings. The average Bonchev–Trinajstić information content (AvgIpc) is 2.89. The molecule has 0 saturated carbocycles. The van der Waals surface area contributed by atoms with Crippen LogP contribution in [0.15, 0.2) is 46.9 Å². The van der Waals surface area contributed by atoms with Crippen LogP contribution in [0.2, 0.25) is 0 Å². The summed E-state index contributed by atoms with van der Waals surface area (Å²) in [6.07, 6.45) is 0.391. The molecule has 1 heterocycles. The van der Waals surface area contributed by atoms with E-state index in [-0.39, 0.29) is 25.0 Å². The first kappa shape index (κ1) is 19.3. The van der Waals surface area contributed by atoms with E-state index in [0.717, 1.165) is 10.0 Å². The standard InChI is InChI=1S/C21H20BrNO4/c1-13(2)14-4-6-15(7-5-14)21(26)27-11-3-10-23-19(24)17-9-8-16(22)12-18(17)20(23)25/h4-9,12-13H,3,10-11H2,1-2H3. The van der Waals surface area contributed by atoms with Gasteiger partial charge < -0.3 is 4.74 Å². The van der Waals surface area contributed by atoms with Gasteiger partial charge in [0, 0.05) is 11.0 Å². The van der Waals surface area contributed by atoms with Gasteiger partial charge in [-0.2, -0.15) is 0 Å². The third-order valence-corrected chi connectivity index (χ3v) is 5.00. The molecule has 0 atom stereocenters. The minimum Gasteiger partial charge on any atom is -0.462 e. The lowest BCUT2D eigenvalue weighted by Gasteiger charge is -2.13. The number of hydrogen-bond acceptors (Lipinski definition) is 4. The van der Waals surface area contributed by atoms with Crippen LogP contribution in [0.1, 0.15) is 62.8 Å². The van der Waals surface area contributed by atoms with Crippen molar-refractivity contribution in [2.45, 2.75) is 26.2 Å². The fraction of sp³-hybridized carbons (Fsp3) is 0.286. The van der Waals surface area contributed by atoms with Gasteiger partial charge in [-0.15, -0.1) is 0 Å². The molecule has 1 aliphatic heterocycles. The molecule has 5 nitrogen and oxygen atoms in total. The third kappa shape index (κ3) is 4.11. The van der Waals surface area contributed by atoms with Crippen molar-refractivity contribution in [3.63, 3.8) is 0 Å². The Morgan fingerprint density at radius 1 is 1.04 bits per heavy atom. The fourth-order valence-electron chi connectivity index (χ4n) is 2.94. The third-order valence-electron chi connectivity index (χ3n) is 4.51. The number of benzene rings is 2. The van der Waals surface area contributed by atoms with Gasteiger partial charge in [-0.1, -0.05) is 41.9 Å². The second-order valence-corrected chi connectivity index (χ2v) is 7.63. The first-order valence-corrected chi connectivity index (χ1v) is 9.60. The van der Waals surface area contributed by atoms with Gasteiger partial charge in [0.2, 0.25) is 0 Å². The number of esters is 1. The van der Waals surface area contributed by atoms with Crippen LogP contribution in [0, 0.1) is 0 Å². The molecule has 2 aromatic carbocycles. The number of nitrogens with zero attached hydrogens (tertiary/aromatic N) is 1. The molecule has 27 heavy (non-hydrogen) atoms. The number of carbonyl (C=O) groups excluding carboxylic acids is 3. The average molecular weight is 430 g/mol. The van der Waals surface area contributed by atoms with E-state index in [9.17, 15) is 14.4 Å². The molecule has 0 unspecified atom stereocenters. The van der Waals surface area contributed by atoms with Crippen LogP contribution in [0.4, 0.5) is 0 Å². The summed E-state index contributed by atoms with van der Waals surface area (Å²) >= 11 is 3.31. The molecule has 0 radical (unpaired) electrons. The predicted octanol–water partition coefficient (Wildman–Crippen LogP) is 4.42. The first-order chi connectivity index (χ1) is 12.9. The summed E-state index contributed by atoms with van der Waals surface area (Å²) in [6.45, 7) is 4.53. The van der Waals surface area contributed by atoms with Gasteiger partial charge in [0.05, 0.1) is 23.3 Å². The fourth-order valence-corrected chi connectivity index (χ4v) is 3.30. The summed E-state index contributed by atoms with van der Waals surface area (Å²) in [5, 5.41) is 0. The topological polar surface area (TPSA) is 63.7 Å². The van der Waals surface area contributed by atoms with Gasteiger partial charge in [0.15, 0.2) is 0 Å². The van der Waals surface area contributed by atoms with Crippen molar-refractivity contribution in [2.24, 2.45) is 0 Å². The van der Waals surface area contributed by atoms with Crippen molar-refractivity contribution in [2.75, 3.05) is 13.2 Å². The van der Waals surface area contributed by atoms with Crippen LogP contribution < -0.4 is 0 Å². The smallest absolute Gasteiger partial charge is 0.338 e. The first-order valence-electron chi connectivity index (χ1n) is 8.81. The van der Waals surface area contributed by atoms with E-state index in [1.54, 1.807) is 30.3 Å². The van der Waals surface area contributed by atoms with E-state index < -0.39 is 5.97 Å². The molecule has 6 heteroatoms. The molecule has 0 N–H and O–H groups in total. The molecule has 140 valence electrons. The Hall–Kier alpha value is -2.47. The summed E-state index contributed by atoms with van der Waals surface area (Å²) in [5.74, 6) is -0.628. The van der Waals surface area contributed by atoms with Crippen LogP contribution in [-0.2, 0) is 4.74 Å². The quantitative estimate of drug-likeness (QED) is 0.387. The lowest BCUT2D eigenvalue weighted by Crippen LogP contribution is -2.31. The highest BCUT2D eigenvalue weighted by molar-refractivity contribution is 9.10. The summed E-state index contributed by atoms with van der Waals surface area (Å²) in [5.41, 5.74) is 2.45. The molecule has 0 aliphatic carbocycles. The van der Waals surface area contributed by atoms with Gasteiger partial charge in [-0.3, -0.25) is 14.5 Å². The lowest BCUT2D eigenvalue weighted by molar-refractivity contribution is 0.0482. The molecule has 0 bridgehead atoms. The zero-order chi connectivity index (χ0) is 19.6. The minimum atomic E-state index is -0.406. The maximum absolute atomic E-state index is 12.4. The van der Waals surface area contributed by atoms with Gasteiger partial charge in [-0.05, 0) is 48.2 Å². The van der Waals surface area contributed by atoms with Gasteiger partial charge in [0.1, 0.15) is 0 Å². The molecule has 3 rings (SSSR count). The van der Waals surface area contributed by atoms with Crippen LogP contribution in [0.5, 0.6) is 0 Å². The Bertz CT molecular complexity index is 890. The highest BCUT2D eigenvalue weighted by Gasteiger charge is 2.35. The van der Waals surface area contributed by atoms with Crippen molar-refractivity contribution >= 4 is 33.7 Å². The summed E-state index contributed by atoms with van der Waals surface area (Å²) in [6, 6.07) is 12.4. The van der Waals surface area contributed by atoms with Crippen LogP contribution >= 0.6 is 15.9 Å². The number of amides is 2. The molecule has 1 aliphatic rings. The molecular weight excluding hydrogens is 410 g/mol. The van der Waals surface area contributed by atoms with Crippen molar-refractivity contribution < 1.29 is 19.1 Å². The minimum absolute atomic E-state index is 0.141. The molecular formula is C21H20BrNO4. The van der Waals surface area contributed by atoms with E-state index in [4.69, 9.17) is 4.74 Å². The molecule has 0 saturated heterocycles. The van der Waals surface area contributed by atoms with Gasteiger partial charge >= 0.3 is 5.97 Å². The number of hydrogen-bond donors (Lipinski definition) is 0. The molecule has 0 aromatic heterocycles. The van der Waals surface area contributed by atoms with E-state index in [1.807, 2.05) is 12.1 Å². The van der Waals surface area contributed by atoms with Gasteiger partial charge in [-0.25, -0.2) is 4.79 Å². The monoisotopic (exact) mass is 429 g/mol. The van der Waals surface area contributed by atoms with Crippen molar-refractivity contribution in [1.82, 2.24) is 4.90 Å². The highest BCUT2D eigenvalue weighted by Crippen LogP contribution is 2.26. The van der Waals surface area contributed by atoms with Crippen LogP contribution in [0.3, 0.4) is 0 Å². The van der Waals surface area contributed by atoms with E-state index in [2.05, 4.69) is 29.8 Å². The molecule has 2 aromatic rings. The second kappa shape index (κ2) is 8.05. The number of fused-ring (bicyclic) bond motifs is 1. The van der Waals surface area contributed by atoms with Crippen LogP contribution in [-0.4, -0.2) is 35.8 Å². The van der Waals surface area contributed by atoms with Crippen molar-refractivity contribution in [3.8, 4) is 0 Å². The van der Waals surface area contributed by atoms with E-state index in [0.29, 0.717) is 29.0 Å². The Morgan fingerprint density at radius 2 is 1.70 bits per heavy atom. The Balaban J connectivity index is 1.51. The largest absolute Gasteiger partial charge is 0.462 e. The summed E-state index contributed by atoms with van der Waals surface area (Å²) in [4.78, 5) is 38.0. The summed E-state index contributed by atoms with van der Waals surface area (Å²) in [7, 11) is 0. The second-order valence-electron chi connectivity index (χ2n) is 6.72. The Morgan fingerprint density at radius 3 is 2.37 bits per heavy atom. The molecule has 2 amide bonds. The number of rotatable bonds is 6. The number of carbonyl (C=O) groups is 3. The SMILES string of the molecule is CC(C)c1ccc(C(=O)OCCCN2C(=O)c3ccc(Br)cc3C2=O)cc1. The number of halogens is 1. The lowest BCUT2D eigenvalue weighted by atomic mass is 10.0. The maximum Gasteiger partial charge on any atom is 0.338 e. The Kier molecular flexibility index (Phi) is 5.75. The summed E-state index contributed by atoms with van der Waals surface area (Å²) < 4.78 is 6.01. The van der Waals surface area contributed by atoms with Crippen molar-refractivity contribution in [3.05, 3.63) is 69.2 Å². The Labute approximate surface area is 166 Å². The van der Waals surface area contributed by atoms with Crippen LogP contribution in [0.25, 0.3) is 0 Å². The van der Waals surface area contributed by atoms with E-state index in [1.165, 1.54) is 4.90 Å². The van der Waals surface area contributed by atoms with Crippen molar-refractivity contribution in [1.29, 1.82) is 0 Å². The molecule has 0 spiro atoms. The van der Waals surface area contributed by atoms with E-state index >= 15 is 0 Å². The van der Waals surface area contributed by atoms with Gasteiger partial charge in [0.25, 0.3) is 11.8 Å².